The molecule has 0 aliphatic carbocycles. The first-order valence-corrected chi connectivity index (χ1v) is 5.91. The summed E-state index contributed by atoms with van der Waals surface area (Å²) in [6, 6.07) is 7.68. The van der Waals surface area contributed by atoms with E-state index in [1.54, 1.807) is 7.11 Å². The molecular formula is C11H13N3O2S. The predicted molar refractivity (Wildman–Crippen MR) is 65.1 cm³/mol. The summed E-state index contributed by atoms with van der Waals surface area (Å²) in [6.45, 7) is 0.854. The SMILES string of the molecule is COc1ccc(COc2nnc(CN)s2)cc1. The van der Waals surface area contributed by atoms with Crippen LogP contribution in [0, 0.1) is 0 Å². The molecule has 5 nitrogen and oxygen atoms in total. The minimum atomic E-state index is 0.392. The summed E-state index contributed by atoms with van der Waals surface area (Å²) in [5.41, 5.74) is 6.49. The van der Waals surface area contributed by atoms with Crippen LogP contribution in [0.2, 0.25) is 0 Å². The minimum absolute atomic E-state index is 0.392. The number of hydrogen-bond acceptors (Lipinski definition) is 6. The molecule has 1 aromatic heterocycles. The van der Waals surface area contributed by atoms with Crippen LogP contribution in [0.15, 0.2) is 24.3 Å². The van der Waals surface area contributed by atoms with Gasteiger partial charge in [-0.05, 0) is 17.7 Å². The first-order valence-electron chi connectivity index (χ1n) is 5.10. The van der Waals surface area contributed by atoms with Crippen LogP contribution in [0.1, 0.15) is 10.6 Å². The van der Waals surface area contributed by atoms with Crippen molar-refractivity contribution in [2.75, 3.05) is 7.11 Å². The van der Waals surface area contributed by atoms with Gasteiger partial charge >= 0.3 is 0 Å². The summed E-state index contributed by atoms with van der Waals surface area (Å²) in [7, 11) is 1.64. The fourth-order valence-corrected chi connectivity index (χ4v) is 1.81. The second kappa shape index (κ2) is 5.60. The van der Waals surface area contributed by atoms with Gasteiger partial charge in [-0.2, -0.15) is 0 Å². The molecule has 6 heteroatoms. The third-order valence-corrected chi connectivity index (χ3v) is 3.00. The Morgan fingerprint density at radius 1 is 1.24 bits per heavy atom. The molecule has 0 unspecified atom stereocenters. The molecule has 2 N–H and O–H groups in total. The number of ether oxygens (including phenoxy) is 2. The van der Waals surface area contributed by atoms with E-state index in [4.69, 9.17) is 15.2 Å². The van der Waals surface area contributed by atoms with Gasteiger partial charge in [0, 0.05) is 6.54 Å². The third kappa shape index (κ3) is 3.15. The highest BCUT2D eigenvalue weighted by Gasteiger charge is 2.03. The Kier molecular flexibility index (Phi) is 3.89. The van der Waals surface area contributed by atoms with E-state index in [1.165, 1.54) is 11.3 Å². The monoisotopic (exact) mass is 251 g/mol. The van der Waals surface area contributed by atoms with Crippen LogP contribution in [0.3, 0.4) is 0 Å². The molecule has 2 rings (SSSR count). The van der Waals surface area contributed by atoms with Crippen molar-refractivity contribution in [3.8, 4) is 10.9 Å². The van der Waals surface area contributed by atoms with Crippen LogP contribution >= 0.6 is 11.3 Å². The fraction of sp³-hybridized carbons (Fsp3) is 0.273. The maximum atomic E-state index is 5.50. The van der Waals surface area contributed by atoms with E-state index in [0.717, 1.165) is 16.3 Å². The summed E-state index contributed by atoms with van der Waals surface area (Å²) in [5, 5.41) is 9.07. The largest absolute Gasteiger partial charge is 0.497 e. The number of benzene rings is 1. The fourth-order valence-electron chi connectivity index (χ4n) is 1.25. The van der Waals surface area contributed by atoms with Gasteiger partial charge in [0.1, 0.15) is 17.4 Å². The average molecular weight is 251 g/mol. The standard InChI is InChI=1S/C11H13N3O2S/c1-15-9-4-2-8(3-5-9)7-16-11-14-13-10(6-12)17-11/h2-5H,6-7,12H2,1H3. The lowest BCUT2D eigenvalue weighted by atomic mass is 10.2. The van der Waals surface area contributed by atoms with Crippen LogP contribution in [0.5, 0.6) is 10.9 Å². The van der Waals surface area contributed by atoms with E-state index in [-0.39, 0.29) is 0 Å². The minimum Gasteiger partial charge on any atom is -0.497 e. The number of nitrogens with two attached hydrogens (primary N) is 1. The topological polar surface area (TPSA) is 70.3 Å². The molecular weight excluding hydrogens is 238 g/mol. The van der Waals surface area contributed by atoms with Crippen LogP contribution in [0.4, 0.5) is 0 Å². The Labute approximate surface area is 103 Å². The van der Waals surface area contributed by atoms with Crippen LogP contribution < -0.4 is 15.2 Å². The maximum absolute atomic E-state index is 5.50. The van der Waals surface area contributed by atoms with Crippen molar-refractivity contribution in [1.29, 1.82) is 0 Å². The predicted octanol–water partition coefficient (Wildman–Crippen LogP) is 1.58. The molecule has 0 radical (unpaired) electrons. The highest BCUT2D eigenvalue weighted by molar-refractivity contribution is 7.13. The number of aromatic nitrogens is 2. The van der Waals surface area contributed by atoms with Gasteiger partial charge in [-0.15, -0.1) is 5.10 Å². The van der Waals surface area contributed by atoms with Gasteiger partial charge in [0.25, 0.3) is 5.19 Å². The zero-order valence-corrected chi connectivity index (χ0v) is 10.2. The molecule has 0 fully saturated rings. The molecule has 0 amide bonds. The Balaban J connectivity index is 1.92. The van der Waals surface area contributed by atoms with Crippen molar-refractivity contribution in [2.24, 2.45) is 5.73 Å². The smallest absolute Gasteiger partial charge is 0.294 e. The van der Waals surface area contributed by atoms with Gasteiger partial charge in [-0.1, -0.05) is 28.6 Å². The second-order valence-electron chi connectivity index (χ2n) is 3.30. The van der Waals surface area contributed by atoms with Gasteiger partial charge in [-0.25, -0.2) is 0 Å². The van der Waals surface area contributed by atoms with Gasteiger partial charge in [0.2, 0.25) is 0 Å². The summed E-state index contributed by atoms with van der Waals surface area (Å²) in [5.74, 6) is 0.829. The molecule has 1 aromatic carbocycles. The Morgan fingerprint density at radius 3 is 2.59 bits per heavy atom. The highest BCUT2D eigenvalue weighted by atomic mass is 32.1. The lowest BCUT2D eigenvalue weighted by molar-refractivity contribution is 0.301. The summed E-state index contributed by atoms with van der Waals surface area (Å²) in [6.07, 6.45) is 0. The molecule has 90 valence electrons. The lowest BCUT2D eigenvalue weighted by Gasteiger charge is -2.03. The average Bonchev–Trinajstić information content (AvgIpc) is 2.85. The maximum Gasteiger partial charge on any atom is 0.294 e. The second-order valence-corrected chi connectivity index (χ2v) is 4.33. The quantitative estimate of drug-likeness (QED) is 0.873. The van der Waals surface area contributed by atoms with Crippen LogP contribution in [-0.4, -0.2) is 17.3 Å². The van der Waals surface area contributed by atoms with Gasteiger partial charge in [-0.3, -0.25) is 0 Å². The van der Waals surface area contributed by atoms with Crippen molar-refractivity contribution >= 4 is 11.3 Å². The van der Waals surface area contributed by atoms with Crippen molar-refractivity contribution in [2.45, 2.75) is 13.2 Å². The van der Waals surface area contributed by atoms with Crippen molar-refractivity contribution < 1.29 is 9.47 Å². The number of methoxy groups -OCH3 is 1. The van der Waals surface area contributed by atoms with Gasteiger partial charge in [0.15, 0.2) is 0 Å². The van der Waals surface area contributed by atoms with E-state index < -0.39 is 0 Å². The van der Waals surface area contributed by atoms with E-state index in [0.29, 0.717) is 18.3 Å². The molecule has 0 atom stereocenters. The third-order valence-electron chi connectivity index (χ3n) is 2.14. The molecule has 0 spiro atoms. The van der Waals surface area contributed by atoms with E-state index in [9.17, 15) is 0 Å². The molecule has 0 saturated heterocycles. The number of rotatable bonds is 5. The normalized spacial score (nSPS) is 10.2. The van der Waals surface area contributed by atoms with Gasteiger partial charge in [0.05, 0.1) is 7.11 Å². The molecule has 0 saturated carbocycles. The highest BCUT2D eigenvalue weighted by Crippen LogP contribution is 2.19. The number of nitrogens with zero attached hydrogens (tertiary/aromatic N) is 2. The summed E-state index contributed by atoms with van der Waals surface area (Å²) in [4.78, 5) is 0. The summed E-state index contributed by atoms with van der Waals surface area (Å²) >= 11 is 1.37. The van der Waals surface area contributed by atoms with Crippen molar-refractivity contribution in [3.05, 3.63) is 34.8 Å². The zero-order chi connectivity index (χ0) is 12.1. The molecule has 2 aromatic rings. The van der Waals surface area contributed by atoms with Crippen LogP contribution in [-0.2, 0) is 13.2 Å². The number of hydrogen-bond donors (Lipinski definition) is 1. The molecule has 1 heterocycles. The van der Waals surface area contributed by atoms with E-state index >= 15 is 0 Å². The molecule has 0 bridgehead atoms. The van der Waals surface area contributed by atoms with E-state index in [2.05, 4.69) is 10.2 Å². The molecule has 0 aliphatic heterocycles. The molecule has 0 aliphatic rings. The van der Waals surface area contributed by atoms with Crippen molar-refractivity contribution in [3.63, 3.8) is 0 Å². The van der Waals surface area contributed by atoms with Crippen LogP contribution in [0.25, 0.3) is 0 Å². The van der Waals surface area contributed by atoms with E-state index in [1.807, 2.05) is 24.3 Å². The Hall–Kier alpha value is -1.66. The summed E-state index contributed by atoms with van der Waals surface area (Å²) < 4.78 is 10.6. The molecule has 17 heavy (non-hydrogen) atoms. The zero-order valence-electron chi connectivity index (χ0n) is 9.42. The first-order chi connectivity index (χ1) is 8.31. The first kappa shape index (κ1) is 11.8. The van der Waals surface area contributed by atoms with Gasteiger partial charge < -0.3 is 15.2 Å². The Morgan fingerprint density at radius 2 is 2.00 bits per heavy atom. The van der Waals surface area contributed by atoms with Crippen molar-refractivity contribution in [1.82, 2.24) is 10.2 Å². The Bertz CT molecular complexity index is 470. The lowest BCUT2D eigenvalue weighted by Crippen LogP contribution is -1.95.